The number of esters is 1. The van der Waals surface area contributed by atoms with Gasteiger partial charge in [0, 0.05) is 11.6 Å². The Balaban J connectivity index is 3.04. The van der Waals surface area contributed by atoms with Gasteiger partial charge >= 0.3 is 5.97 Å². The van der Waals surface area contributed by atoms with Crippen LogP contribution >= 0.6 is 11.6 Å². The first-order valence-corrected chi connectivity index (χ1v) is 5.28. The molecule has 0 saturated heterocycles. The summed E-state index contributed by atoms with van der Waals surface area (Å²) in [6.07, 6.45) is 0. The summed E-state index contributed by atoms with van der Waals surface area (Å²) in [6.45, 7) is 1.61. The minimum absolute atomic E-state index is 0.189. The van der Waals surface area contributed by atoms with E-state index in [9.17, 15) is 9.90 Å². The van der Waals surface area contributed by atoms with E-state index in [0.717, 1.165) is 0 Å². The van der Waals surface area contributed by atoms with Gasteiger partial charge in [-0.25, -0.2) is 4.79 Å². The van der Waals surface area contributed by atoms with Gasteiger partial charge in [-0.2, -0.15) is 0 Å². The molecule has 1 aromatic carbocycles. The largest absolute Gasteiger partial charge is 0.464 e. The fourth-order valence-electron chi connectivity index (χ4n) is 1.30. The number of nitrogens with two attached hydrogens (primary N) is 1. The van der Waals surface area contributed by atoms with Crippen molar-refractivity contribution < 1.29 is 14.6 Å². The molecule has 0 aromatic heterocycles. The molecule has 0 bridgehead atoms. The summed E-state index contributed by atoms with van der Waals surface area (Å²) in [6, 6.07) is 6.26. The summed E-state index contributed by atoms with van der Waals surface area (Å²) in [5.41, 5.74) is 3.99. The fourth-order valence-corrected chi connectivity index (χ4v) is 1.42. The van der Waals surface area contributed by atoms with E-state index in [1.807, 2.05) is 0 Å². The normalized spacial score (nSPS) is 14.2. The van der Waals surface area contributed by atoms with Crippen molar-refractivity contribution in [1.29, 1.82) is 0 Å². The molecule has 5 heteroatoms. The molecule has 1 aromatic rings. The predicted octanol–water partition coefficient (Wildman–Crippen LogP) is 1.05. The van der Waals surface area contributed by atoms with Gasteiger partial charge in [0.05, 0.1) is 6.61 Å². The van der Waals surface area contributed by atoms with Crippen molar-refractivity contribution in [2.45, 2.75) is 12.5 Å². The van der Waals surface area contributed by atoms with Crippen molar-refractivity contribution in [3.63, 3.8) is 0 Å². The van der Waals surface area contributed by atoms with Gasteiger partial charge in [0.25, 0.3) is 0 Å². The second-order valence-electron chi connectivity index (χ2n) is 3.29. The molecule has 0 aliphatic rings. The summed E-state index contributed by atoms with van der Waals surface area (Å²) in [4.78, 5) is 11.6. The highest BCUT2D eigenvalue weighted by Gasteiger charge is 2.38. The summed E-state index contributed by atoms with van der Waals surface area (Å²) in [5, 5.41) is 10.7. The quantitative estimate of drug-likeness (QED) is 0.776. The molecule has 0 radical (unpaired) electrons. The van der Waals surface area contributed by atoms with Crippen LogP contribution < -0.4 is 5.73 Å². The maximum Gasteiger partial charge on any atom is 0.344 e. The average Bonchev–Trinajstić information content (AvgIpc) is 2.29. The zero-order valence-corrected chi connectivity index (χ0v) is 9.70. The second kappa shape index (κ2) is 5.30. The molecule has 0 saturated carbocycles. The van der Waals surface area contributed by atoms with E-state index in [0.29, 0.717) is 10.6 Å². The van der Waals surface area contributed by atoms with Crippen LogP contribution in [0.5, 0.6) is 0 Å². The molecular weight excluding hydrogens is 230 g/mol. The predicted molar refractivity (Wildman–Crippen MR) is 61.0 cm³/mol. The van der Waals surface area contributed by atoms with Crippen LogP contribution in [0.25, 0.3) is 0 Å². The van der Waals surface area contributed by atoms with E-state index in [1.54, 1.807) is 31.2 Å². The van der Waals surface area contributed by atoms with Crippen LogP contribution in [0.1, 0.15) is 12.5 Å². The molecule has 0 fully saturated rings. The monoisotopic (exact) mass is 243 g/mol. The van der Waals surface area contributed by atoms with E-state index in [4.69, 9.17) is 22.1 Å². The van der Waals surface area contributed by atoms with E-state index in [2.05, 4.69) is 0 Å². The lowest BCUT2D eigenvalue weighted by atomic mass is 9.94. The van der Waals surface area contributed by atoms with Gasteiger partial charge in [-0.1, -0.05) is 23.7 Å². The Hall–Kier alpha value is -1.10. The fraction of sp³-hybridized carbons (Fsp3) is 0.364. The number of carbonyl (C=O) groups excluding carboxylic acids is 1. The maximum absolute atomic E-state index is 11.6. The minimum atomic E-state index is -1.80. The lowest BCUT2D eigenvalue weighted by Gasteiger charge is -2.24. The summed E-state index contributed by atoms with van der Waals surface area (Å²) in [7, 11) is 0. The highest BCUT2D eigenvalue weighted by atomic mass is 35.5. The maximum atomic E-state index is 11.6. The van der Waals surface area contributed by atoms with Crippen molar-refractivity contribution in [2.24, 2.45) is 5.73 Å². The zero-order valence-electron chi connectivity index (χ0n) is 8.94. The SMILES string of the molecule is CCOC(=O)C(O)(CN)c1ccc(Cl)cc1. The van der Waals surface area contributed by atoms with Gasteiger partial charge < -0.3 is 15.6 Å². The van der Waals surface area contributed by atoms with Crippen molar-refractivity contribution in [1.82, 2.24) is 0 Å². The first-order valence-electron chi connectivity index (χ1n) is 4.90. The summed E-state index contributed by atoms with van der Waals surface area (Å²) < 4.78 is 4.78. The lowest BCUT2D eigenvalue weighted by molar-refractivity contribution is -0.165. The Morgan fingerprint density at radius 3 is 2.50 bits per heavy atom. The van der Waals surface area contributed by atoms with E-state index >= 15 is 0 Å². The topological polar surface area (TPSA) is 72.5 Å². The Labute approximate surface area is 99.0 Å². The van der Waals surface area contributed by atoms with Crippen molar-refractivity contribution in [3.8, 4) is 0 Å². The van der Waals surface area contributed by atoms with Gasteiger partial charge in [0.15, 0.2) is 5.60 Å². The number of carbonyl (C=O) groups is 1. The molecule has 0 heterocycles. The number of hydrogen-bond acceptors (Lipinski definition) is 4. The number of benzene rings is 1. The number of ether oxygens (including phenoxy) is 1. The Kier molecular flexibility index (Phi) is 4.29. The van der Waals surface area contributed by atoms with Crippen LogP contribution in [0, 0.1) is 0 Å². The first kappa shape index (κ1) is 13.0. The Bertz CT molecular complexity index is 366. The molecule has 88 valence electrons. The summed E-state index contributed by atoms with van der Waals surface area (Å²) >= 11 is 5.72. The number of rotatable bonds is 4. The van der Waals surface area contributed by atoms with Gasteiger partial charge in [0.1, 0.15) is 0 Å². The van der Waals surface area contributed by atoms with Crippen molar-refractivity contribution >= 4 is 17.6 Å². The zero-order chi connectivity index (χ0) is 12.2. The van der Waals surface area contributed by atoms with Gasteiger partial charge in [-0.05, 0) is 24.6 Å². The number of hydrogen-bond donors (Lipinski definition) is 2. The molecule has 4 nitrogen and oxygen atoms in total. The van der Waals surface area contributed by atoms with E-state index < -0.39 is 11.6 Å². The van der Waals surface area contributed by atoms with Gasteiger partial charge in [-0.15, -0.1) is 0 Å². The molecule has 16 heavy (non-hydrogen) atoms. The molecular formula is C11H14ClNO3. The highest BCUT2D eigenvalue weighted by Crippen LogP contribution is 2.23. The van der Waals surface area contributed by atoms with Crippen LogP contribution in [-0.2, 0) is 15.1 Å². The van der Waals surface area contributed by atoms with E-state index in [1.165, 1.54) is 0 Å². The molecule has 0 aliphatic carbocycles. The van der Waals surface area contributed by atoms with Crippen LogP contribution in [0.2, 0.25) is 5.02 Å². The third-order valence-electron chi connectivity index (χ3n) is 2.23. The Morgan fingerprint density at radius 1 is 1.50 bits per heavy atom. The number of halogens is 1. The lowest BCUT2D eigenvalue weighted by Crippen LogP contribution is -2.44. The molecule has 0 aliphatic heterocycles. The van der Waals surface area contributed by atoms with Crippen LogP contribution in [0.15, 0.2) is 24.3 Å². The molecule has 3 N–H and O–H groups in total. The summed E-state index contributed by atoms with van der Waals surface area (Å²) in [5.74, 6) is -0.750. The van der Waals surface area contributed by atoms with Gasteiger partial charge in [0.2, 0.25) is 0 Å². The molecule has 0 spiro atoms. The van der Waals surface area contributed by atoms with Gasteiger partial charge in [-0.3, -0.25) is 0 Å². The van der Waals surface area contributed by atoms with Crippen LogP contribution in [0.3, 0.4) is 0 Å². The third-order valence-corrected chi connectivity index (χ3v) is 2.48. The smallest absolute Gasteiger partial charge is 0.344 e. The molecule has 0 amide bonds. The van der Waals surface area contributed by atoms with Crippen LogP contribution in [0.4, 0.5) is 0 Å². The van der Waals surface area contributed by atoms with Crippen molar-refractivity contribution in [3.05, 3.63) is 34.9 Å². The Morgan fingerprint density at radius 2 is 2.06 bits per heavy atom. The standard InChI is InChI=1S/C11H14ClNO3/c1-2-16-10(14)11(15,7-13)8-3-5-9(12)6-4-8/h3-6,15H,2,7,13H2,1H3. The number of aliphatic hydroxyl groups is 1. The highest BCUT2D eigenvalue weighted by molar-refractivity contribution is 6.30. The van der Waals surface area contributed by atoms with E-state index in [-0.39, 0.29) is 13.2 Å². The first-order chi connectivity index (χ1) is 7.54. The third kappa shape index (κ3) is 2.52. The minimum Gasteiger partial charge on any atom is -0.464 e. The average molecular weight is 244 g/mol. The molecule has 1 unspecified atom stereocenters. The molecule has 1 rings (SSSR count). The van der Waals surface area contributed by atoms with Crippen LogP contribution in [-0.4, -0.2) is 24.2 Å². The molecule has 1 atom stereocenters. The second-order valence-corrected chi connectivity index (χ2v) is 3.73. The van der Waals surface area contributed by atoms with Crippen molar-refractivity contribution in [2.75, 3.05) is 13.2 Å².